The van der Waals surface area contributed by atoms with Gasteiger partial charge in [-0.2, -0.15) is 0 Å². The van der Waals surface area contributed by atoms with Gasteiger partial charge in [-0.3, -0.25) is 0 Å². The Morgan fingerprint density at radius 1 is 1.42 bits per heavy atom. The minimum atomic E-state index is -3.75. The summed E-state index contributed by atoms with van der Waals surface area (Å²) in [6.07, 6.45) is 0.646. The van der Waals surface area contributed by atoms with Crippen LogP contribution in [0.15, 0.2) is 23.1 Å². The number of carboxylic acids is 1. The highest BCUT2D eigenvalue weighted by Crippen LogP contribution is 2.22. The summed E-state index contributed by atoms with van der Waals surface area (Å²) in [5, 5.41) is 11.7. The average molecular weight is 286 g/mol. The van der Waals surface area contributed by atoms with Crippen LogP contribution in [0.4, 0.5) is 5.69 Å². The number of sulfonamides is 1. The SMILES string of the molecule is CC[C@H](C)NS(=O)(=O)c1cc(C(=O)O)ccc1NC. The second kappa shape index (κ2) is 6.03. The number of hydrogen-bond donors (Lipinski definition) is 3. The number of benzene rings is 1. The summed E-state index contributed by atoms with van der Waals surface area (Å²) in [7, 11) is -2.16. The van der Waals surface area contributed by atoms with E-state index in [4.69, 9.17) is 5.11 Å². The van der Waals surface area contributed by atoms with Crippen molar-refractivity contribution in [1.82, 2.24) is 4.72 Å². The predicted octanol–water partition coefficient (Wildman–Crippen LogP) is 1.50. The zero-order valence-corrected chi connectivity index (χ0v) is 11.9. The fraction of sp³-hybridized carbons (Fsp3) is 0.417. The van der Waals surface area contributed by atoms with Gasteiger partial charge in [0.15, 0.2) is 0 Å². The van der Waals surface area contributed by atoms with Crippen molar-refractivity contribution >= 4 is 21.7 Å². The number of anilines is 1. The van der Waals surface area contributed by atoms with Crippen LogP contribution in [0, 0.1) is 0 Å². The number of hydrogen-bond acceptors (Lipinski definition) is 4. The molecule has 0 heterocycles. The van der Waals surface area contributed by atoms with Crippen LogP contribution >= 0.6 is 0 Å². The normalized spacial score (nSPS) is 13.0. The van der Waals surface area contributed by atoms with E-state index < -0.39 is 16.0 Å². The predicted molar refractivity (Wildman–Crippen MR) is 73.0 cm³/mol. The van der Waals surface area contributed by atoms with E-state index in [1.807, 2.05) is 6.92 Å². The third-order valence-electron chi connectivity index (χ3n) is 2.76. The molecule has 0 fully saturated rings. The number of carbonyl (C=O) groups is 1. The van der Waals surface area contributed by atoms with Gasteiger partial charge in [-0.1, -0.05) is 6.92 Å². The van der Waals surface area contributed by atoms with Gasteiger partial charge in [0.1, 0.15) is 4.90 Å². The van der Waals surface area contributed by atoms with E-state index in [1.54, 1.807) is 14.0 Å². The smallest absolute Gasteiger partial charge is 0.335 e. The van der Waals surface area contributed by atoms with Crippen LogP contribution in [0.3, 0.4) is 0 Å². The lowest BCUT2D eigenvalue weighted by Crippen LogP contribution is -2.32. The second-order valence-corrected chi connectivity index (χ2v) is 5.88. The van der Waals surface area contributed by atoms with Crippen molar-refractivity contribution < 1.29 is 18.3 Å². The first-order valence-electron chi connectivity index (χ1n) is 5.89. The Bertz CT molecular complexity index is 569. The van der Waals surface area contributed by atoms with Crippen molar-refractivity contribution in [1.29, 1.82) is 0 Å². The monoisotopic (exact) mass is 286 g/mol. The lowest BCUT2D eigenvalue weighted by Gasteiger charge is -2.15. The molecule has 1 atom stereocenters. The number of rotatable bonds is 6. The number of nitrogens with one attached hydrogen (secondary N) is 2. The molecule has 0 amide bonds. The van der Waals surface area contributed by atoms with Crippen molar-refractivity contribution in [2.24, 2.45) is 0 Å². The van der Waals surface area contributed by atoms with Crippen molar-refractivity contribution in [2.45, 2.75) is 31.2 Å². The highest BCUT2D eigenvalue weighted by molar-refractivity contribution is 7.89. The van der Waals surface area contributed by atoms with Crippen LogP contribution in [-0.4, -0.2) is 32.6 Å². The van der Waals surface area contributed by atoms with Crippen molar-refractivity contribution in [3.63, 3.8) is 0 Å². The van der Waals surface area contributed by atoms with Gasteiger partial charge in [0.05, 0.1) is 11.3 Å². The van der Waals surface area contributed by atoms with Gasteiger partial charge < -0.3 is 10.4 Å². The molecule has 0 aliphatic rings. The van der Waals surface area contributed by atoms with E-state index in [0.29, 0.717) is 12.1 Å². The Hall–Kier alpha value is -1.60. The molecule has 19 heavy (non-hydrogen) atoms. The van der Waals surface area contributed by atoms with Crippen LogP contribution in [0.5, 0.6) is 0 Å². The van der Waals surface area contributed by atoms with Gasteiger partial charge in [0.2, 0.25) is 10.0 Å². The van der Waals surface area contributed by atoms with E-state index in [9.17, 15) is 13.2 Å². The molecule has 6 nitrogen and oxygen atoms in total. The summed E-state index contributed by atoms with van der Waals surface area (Å²) in [5.41, 5.74) is 0.296. The molecule has 0 spiro atoms. The topological polar surface area (TPSA) is 95.5 Å². The lowest BCUT2D eigenvalue weighted by atomic mass is 10.2. The molecule has 106 valence electrons. The summed E-state index contributed by atoms with van der Waals surface area (Å²) >= 11 is 0. The molecule has 7 heteroatoms. The molecule has 1 aromatic carbocycles. The molecule has 0 aliphatic carbocycles. The molecule has 0 aliphatic heterocycles. The van der Waals surface area contributed by atoms with E-state index in [2.05, 4.69) is 10.0 Å². The molecule has 1 rings (SSSR count). The Balaban J connectivity index is 3.30. The molecule has 3 N–H and O–H groups in total. The zero-order chi connectivity index (χ0) is 14.6. The Morgan fingerprint density at radius 3 is 2.53 bits per heavy atom. The van der Waals surface area contributed by atoms with Crippen LogP contribution in [0.2, 0.25) is 0 Å². The third kappa shape index (κ3) is 3.68. The molecule has 0 radical (unpaired) electrons. The maximum atomic E-state index is 12.2. The summed E-state index contributed by atoms with van der Waals surface area (Å²) < 4.78 is 26.9. The summed E-state index contributed by atoms with van der Waals surface area (Å²) in [4.78, 5) is 10.9. The highest BCUT2D eigenvalue weighted by atomic mass is 32.2. The highest BCUT2D eigenvalue weighted by Gasteiger charge is 2.21. The van der Waals surface area contributed by atoms with Crippen LogP contribution in [0.25, 0.3) is 0 Å². The molecule has 0 unspecified atom stereocenters. The Kier molecular flexibility index (Phi) is 4.90. The number of carboxylic acid groups (broad SMARTS) is 1. The first kappa shape index (κ1) is 15.5. The minimum absolute atomic E-state index is 0.0600. The first-order valence-corrected chi connectivity index (χ1v) is 7.37. The van der Waals surface area contributed by atoms with Crippen molar-refractivity contribution in [3.8, 4) is 0 Å². The Morgan fingerprint density at radius 2 is 2.05 bits per heavy atom. The van der Waals surface area contributed by atoms with Crippen LogP contribution < -0.4 is 10.0 Å². The summed E-state index contributed by atoms with van der Waals surface area (Å²) in [5.74, 6) is -1.16. The second-order valence-electron chi connectivity index (χ2n) is 4.20. The molecule has 0 saturated carbocycles. The molecule has 0 aromatic heterocycles. The largest absolute Gasteiger partial charge is 0.478 e. The molecule has 0 bridgehead atoms. The van der Waals surface area contributed by atoms with E-state index >= 15 is 0 Å². The van der Waals surface area contributed by atoms with E-state index in [-0.39, 0.29) is 16.5 Å². The average Bonchev–Trinajstić information content (AvgIpc) is 2.37. The van der Waals surface area contributed by atoms with Crippen molar-refractivity contribution in [3.05, 3.63) is 23.8 Å². The Labute approximate surface area is 112 Å². The molecule has 0 saturated heterocycles. The fourth-order valence-corrected chi connectivity index (χ4v) is 3.06. The van der Waals surface area contributed by atoms with Crippen LogP contribution in [-0.2, 0) is 10.0 Å². The first-order chi connectivity index (χ1) is 8.81. The fourth-order valence-electron chi connectivity index (χ4n) is 1.50. The van der Waals surface area contributed by atoms with E-state index in [1.165, 1.54) is 12.1 Å². The zero-order valence-electron chi connectivity index (χ0n) is 11.1. The van der Waals surface area contributed by atoms with Gasteiger partial charge in [0, 0.05) is 13.1 Å². The standard InChI is InChI=1S/C12H18N2O4S/c1-4-8(2)14-19(17,18)11-7-9(12(15)16)5-6-10(11)13-3/h5-8,13-14H,4H2,1-3H3,(H,15,16)/t8-/m0/s1. The lowest BCUT2D eigenvalue weighted by molar-refractivity contribution is 0.0696. The van der Waals surface area contributed by atoms with E-state index in [0.717, 1.165) is 6.07 Å². The van der Waals surface area contributed by atoms with Gasteiger partial charge in [-0.25, -0.2) is 17.9 Å². The molecular formula is C12H18N2O4S. The third-order valence-corrected chi connectivity index (χ3v) is 4.39. The summed E-state index contributed by atoms with van der Waals surface area (Å²) in [6.45, 7) is 3.61. The molecule has 1 aromatic rings. The van der Waals surface area contributed by atoms with Gasteiger partial charge >= 0.3 is 5.97 Å². The van der Waals surface area contributed by atoms with Gasteiger partial charge in [-0.15, -0.1) is 0 Å². The molecular weight excluding hydrogens is 268 g/mol. The van der Waals surface area contributed by atoms with Gasteiger partial charge in [0.25, 0.3) is 0 Å². The minimum Gasteiger partial charge on any atom is -0.478 e. The quantitative estimate of drug-likeness (QED) is 0.736. The number of aromatic carboxylic acids is 1. The maximum Gasteiger partial charge on any atom is 0.335 e. The van der Waals surface area contributed by atoms with Gasteiger partial charge in [-0.05, 0) is 31.5 Å². The van der Waals surface area contributed by atoms with Crippen LogP contribution in [0.1, 0.15) is 30.6 Å². The summed E-state index contributed by atoms with van der Waals surface area (Å²) in [6, 6.07) is 3.73. The van der Waals surface area contributed by atoms with Crippen molar-refractivity contribution in [2.75, 3.05) is 12.4 Å². The maximum absolute atomic E-state index is 12.2.